The molecule has 0 aliphatic heterocycles. The number of anilines is 1. The van der Waals surface area contributed by atoms with E-state index in [2.05, 4.69) is 5.32 Å². The molecule has 4 N–H and O–H groups in total. The predicted octanol–water partition coefficient (Wildman–Crippen LogP) is 2.13. The number of benzene rings is 2. The minimum atomic E-state index is -0.413. The highest BCUT2D eigenvalue weighted by Crippen LogP contribution is 2.12. The Kier molecular flexibility index (Phi) is 5.12. The molecule has 0 aromatic heterocycles. The largest absolute Gasteiger partial charge is 0.399 e. The molecular weight excluding hydrogens is 264 g/mol. The van der Waals surface area contributed by atoms with E-state index in [-0.39, 0.29) is 12.5 Å². The molecule has 0 saturated heterocycles. The summed E-state index contributed by atoms with van der Waals surface area (Å²) in [4.78, 5) is 11.9. The summed E-state index contributed by atoms with van der Waals surface area (Å²) in [5, 5.41) is 12.2. The van der Waals surface area contributed by atoms with E-state index in [1.807, 2.05) is 42.5 Å². The molecule has 0 bridgehead atoms. The number of nitrogen functional groups attached to an aromatic ring is 1. The summed E-state index contributed by atoms with van der Waals surface area (Å²) in [6.45, 7) is -0.151. The normalized spacial score (nSPS) is 12.2. The van der Waals surface area contributed by atoms with Crippen molar-refractivity contribution in [3.8, 4) is 0 Å². The van der Waals surface area contributed by atoms with Crippen LogP contribution in [0.5, 0.6) is 0 Å². The van der Waals surface area contributed by atoms with Gasteiger partial charge in [-0.25, -0.2) is 0 Å². The molecule has 0 saturated carbocycles. The van der Waals surface area contributed by atoms with Crippen LogP contribution in [0.2, 0.25) is 0 Å². The lowest BCUT2D eigenvalue weighted by Crippen LogP contribution is -2.29. The summed E-state index contributed by atoms with van der Waals surface area (Å²) < 4.78 is 0. The van der Waals surface area contributed by atoms with Crippen LogP contribution >= 0.6 is 0 Å². The van der Waals surface area contributed by atoms with Crippen LogP contribution in [-0.4, -0.2) is 17.6 Å². The third-order valence-corrected chi connectivity index (χ3v) is 3.04. The Hall–Kier alpha value is -2.59. The molecule has 108 valence electrons. The standard InChI is InChI=1S/C17H18N2O2/c18-15-8-4-5-13(11-15)9-10-17(21)19-16(12-20)14-6-2-1-3-7-14/h1-11,16,20H,12,18H2,(H,19,21)/b10-9+/t16-/m1/s1. The number of rotatable bonds is 5. The highest BCUT2D eigenvalue weighted by atomic mass is 16.3. The van der Waals surface area contributed by atoms with E-state index in [1.165, 1.54) is 6.08 Å². The number of aliphatic hydroxyl groups is 1. The Balaban J connectivity index is 2.00. The van der Waals surface area contributed by atoms with Gasteiger partial charge in [0.15, 0.2) is 0 Å². The summed E-state index contributed by atoms with van der Waals surface area (Å²) in [6, 6.07) is 16.2. The summed E-state index contributed by atoms with van der Waals surface area (Å²) in [5.74, 6) is -0.264. The molecule has 21 heavy (non-hydrogen) atoms. The molecule has 2 aromatic rings. The van der Waals surface area contributed by atoms with E-state index in [4.69, 9.17) is 5.73 Å². The van der Waals surface area contributed by atoms with Crippen molar-refractivity contribution in [1.29, 1.82) is 0 Å². The van der Waals surface area contributed by atoms with Gasteiger partial charge < -0.3 is 16.2 Å². The van der Waals surface area contributed by atoms with E-state index in [1.54, 1.807) is 18.2 Å². The first kappa shape index (κ1) is 14.8. The number of hydrogen-bond donors (Lipinski definition) is 3. The molecule has 1 atom stereocenters. The fourth-order valence-corrected chi connectivity index (χ4v) is 1.97. The Morgan fingerprint density at radius 2 is 1.95 bits per heavy atom. The predicted molar refractivity (Wildman–Crippen MR) is 84.3 cm³/mol. The molecule has 0 unspecified atom stereocenters. The van der Waals surface area contributed by atoms with Gasteiger partial charge in [-0.05, 0) is 29.3 Å². The molecule has 4 heteroatoms. The molecule has 1 amide bonds. The van der Waals surface area contributed by atoms with Crippen LogP contribution in [0.4, 0.5) is 5.69 Å². The second-order valence-corrected chi connectivity index (χ2v) is 4.66. The van der Waals surface area contributed by atoms with Crippen LogP contribution in [0.1, 0.15) is 17.2 Å². The average molecular weight is 282 g/mol. The number of nitrogens with one attached hydrogen (secondary N) is 1. The summed E-state index contributed by atoms with van der Waals surface area (Å²) in [7, 11) is 0. The SMILES string of the molecule is Nc1cccc(/C=C/C(=O)N[C@H](CO)c2ccccc2)c1. The maximum absolute atomic E-state index is 11.9. The number of aliphatic hydroxyl groups excluding tert-OH is 1. The van der Waals surface area contributed by atoms with Crippen LogP contribution in [0, 0.1) is 0 Å². The zero-order chi connectivity index (χ0) is 15.1. The smallest absolute Gasteiger partial charge is 0.244 e. The summed E-state index contributed by atoms with van der Waals surface area (Å²) in [5.41, 5.74) is 8.04. The van der Waals surface area contributed by atoms with Crippen molar-refractivity contribution in [2.24, 2.45) is 0 Å². The number of amides is 1. The maximum atomic E-state index is 11.9. The Bertz CT molecular complexity index is 624. The molecule has 0 spiro atoms. The molecule has 0 radical (unpaired) electrons. The third kappa shape index (κ3) is 4.47. The molecule has 2 rings (SSSR count). The van der Waals surface area contributed by atoms with Gasteiger partial charge in [-0.3, -0.25) is 4.79 Å². The lowest BCUT2D eigenvalue weighted by Gasteiger charge is -2.15. The van der Waals surface area contributed by atoms with Gasteiger partial charge >= 0.3 is 0 Å². The average Bonchev–Trinajstić information content (AvgIpc) is 2.51. The van der Waals surface area contributed by atoms with Gasteiger partial charge in [0.05, 0.1) is 12.6 Å². The van der Waals surface area contributed by atoms with E-state index < -0.39 is 6.04 Å². The Morgan fingerprint density at radius 1 is 1.19 bits per heavy atom. The van der Waals surface area contributed by atoms with Gasteiger partial charge in [-0.2, -0.15) is 0 Å². The summed E-state index contributed by atoms with van der Waals surface area (Å²) in [6.07, 6.45) is 3.12. The van der Waals surface area contributed by atoms with Gasteiger partial charge in [-0.15, -0.1) is 0 Å². The molecule has 0 aliphatic carbocycles. The van der Waals surface area contributed by atoms with E-state index in [9.17, 15) is 9.90 Å². The van der Waals surface area contributed by atoms with Crippen molar-refractivity contribution < 1.29 is 9.90 Å². The van der Waals surface area contributed by atoms with Crippen LogP contribution in [0.15, 0.2) is 60.7 Å². The van der Waals surface area contributed by atoms with E-state index >= 15 is 0 Å². The second kappa shape index (κ2) is 7.26. The van der Waals surface area contributed by atoms with Crippen molar-refractivity contribution in [2.75, 3.05) is 12.3 Å². The van der Waals surface area contributed by atoms with Crippen molar-refractivity contribution in [3.05, 3.63) is 71.8 Å². The molecule has 2 aromatic carbocycles. The lowest BCUT2D eigenvalue weighted by molar-refractivity contribution is -0.117. The Labute approximate surface area is 123 Å². The molecule has 0 aliphatic rings. The number of hydrogen-bond acceptors (Lipinski definition) is 3. The van der Waals surface area contributed by atoms with Crippen molar-refractivity contribution in [3.63, 3.8) is 0 Å². The maximum Gasteiger partial charge on any atom is 0.244 e. The van der Waals surface area contributed by atoms with Gasteiger partial charge in [-0.1, -0.05) is 42.5 Å². The van der Waals surface area contributed by atoms with Gasteiger partial charge in [0.1, 0.15) is 0 Å². The van der Waals surface area contributed by atoms with Crippen molar-refractivity contribution in [2.45, 2.75) is 6.04 Å². The van der Waals surface area contributed by atoms with Crippen LogP contribution in [0.3, 0.4) is 0 Å². The molecule has 0 fully saturated rings. The van der Waals surface area contributed by atoms with Gasteiger partial charge in [0.25, 0.3) is 0 Å². The van der Waals surface area contributed by atoms with Crippen LogP contribution in [0.25, 0.3) is 6.08 Å². The topological polar surface area (TPSA) is 75.4 Å². The fraction of sp³-hybridized carbons (Fsp3) is 0.118. The first-order valence-electron chi connectivity index (χ1n) is 6.69. The summed E-state index contributed by atoms with van der Waals surface area (Å²) >= 11 is 0. The first-order chi connectivity index (χ1) is 10.2. The van der Waals surface area contributed by atoms with E-state index in [0.29, 0.717) is 5.69 Å². The zero-order valence-corrected chi connectivity index (χ0v) is 11.6. The number of carbonyl (C=O) groups is 1. The molecular formula is C17H18N2O2. The number of nitrogens with two attached hydrogens (primary N) is 1. The Morgan fingerprint density at radius 3 is 2.62 bits per heavy atom. The van der Waals surface area contributed by atoms with Crippen molar-refractivity contribution >= 4 is 17.7 Å². The first-order valence-corrected chi connectivity index (χ1v) is 6.69. The van der Waals surface area contributed by atoms with Crippen molar-refractivity contribution in [1.82, 2.24) is 5.32 Å². The quantitative estimate of drug-likeness (QED) is 0.581. The van der Waals surface area contributed by atoms with Crippen LogP contribution in [-0.2, 0) is 4.79 Å². The molecule has 4 nitrogen and oxygen atoms in total. The third-order valence-electron chi connectivity index (χ3n) is 3.04. The lowest BCUT2D eigenvalue weighted by atomic mass is 10.1. The highest BCUT2D eigenvalue weighted by Gasteiger charge is 2.11. The van der Waals surface area contributed by atoms with Gasteiger partial charge in [0.2, 0.25) is 5.91 Å². The zero-order valence-electron chi connectivity index (χ0n) is 11.6. The fourth-order valence-electron chi connectivity index (χ4n) is 1.97. The minimum absolute atomic E-state index is 0.151. The highest BCUT2D eigenvalue weighted by molar-refractivity contribution is 5.92. The second-order valence-electron chi connectivity index (χ2n) is 4.66. The van der Waals surface area contributed by atoms with Gasteiger partial charge in [0, 0.05) is 11.8 Å². The molecule has 0 heterocycles. The monoisotopic (exact) mass is 282 g/mol. The van der Waals surface area contributed by atoms with Crippen LogP contribution < -0.4 is 11.1 Å². The number of carbonyl (C=O) groups excluding carboxylic acids is 1. The minimum Gasteiger partial charge on any atom is -0.399 e. The van der Waals surface area contributed by atoms with E-state index in [0.717, 1.165) is 11.1 Å².